The van der Waals surface area contributed by atoms with E-state index < -0.39 is 0 Å². The highest BCUT2D eigenvalue weighted by Crippen LogP contribution is 2.28. The number of guanidine groups is 1. The van der Waals surface area contributed by atoms with Crippen molar-refractivity contribution in [2.45, 2.75) is 25.2 Å². The average molecular weight is 501 g/mol. The van der Waals surface area contributed by atoms with Crippen molar-refractivity contribution in [3.8, 4) is 0 Å². The largest absolute Gasteiger partial charge is 0.369 e. The molecule has 1 atom stereocenters. The molecule has 0 radical (unpaired) electrons. The minimum Gasteiger partial charge on any atom is -0.369 e. The van der Waals surface area contributed by atoms with E-state index in [0.29, 0.717) is 30.1 Å². The predicted octanol–water partition coefficient (Wildman–Crippen LogP) is 5.07. The molecule has 4 aromatic rings. The lowest BCUT2D eigenvalue weighted by atomic mass is 9.91. The summed E-state index contributed by atoms with van der Waals surface area (Å²) in [5.41, 5.74) is 10.00. The van der Waals surface area contributed by atoms with Crippen LogP contribution in [0.15, 0.2) is 96.5 Å². The van der Waals surface area contributed by atoms with Gasteiger partial charge in [-0.2, -0.15) is 0 Å². The number of aromatic amines is 1. The molecule has 2 heterocycles. The molecular formula is C28H29ClN6O. The van der Waals surface area contributed by atoms with Crippen molar-refractivity contribution in [3.63, 3.8) is 0 Å². The zero-order valence-electron chi connectivity index (χ0n) is 19.9. The molecule has 0 aliphatic rings. The lowest BCUT2D eigenvalue weighted by molar-refractivity contribution is 0.0843. The topological polar surface area (TPSA) is 100 Å². The van der Waals surface area contributed by atoms with Gasteiger partial charge in [-0.05, 0) is 61.2 Å². The molecule has 7 nitrogen and oxygen atoms in total. The highest BCUT2D eigenvalue weighted by Gasteiger charge is 2.23. The lowest BCUT2D eigenvalue weighted by Crippen LogP contribution is -2.43. The smallest absolute Gasteiger partial charge is 0.260 e. The number of aryl methyl sites for hydroxylation is 1. The number of H-pyrrole nitrogens is 1. The Morgan fingerprint density at radius 2 is 1.83 bits per heavy atom. The lowest BCUT2D eigenvalue weighted by Gasteiger charge is -2.25. The third-order valence-electron chi connectivity index (χ3n) is 5.93. The van der Waals surface area contributed by atoms with Crippen LogP contribution >= 0.6 is 11.6 Å². The normalized spacial score (nSPS) is 12.3. The van der Waals surface area contributed by atoms with Crippen molar-refractivity contribution in [1.29, 1.82) is 0 Å². The number of aliphatic imine (C=N–C) groups is 1. The Kier molecular flexibility index (Phi) is 8.83. The molecule has 0 spiro atoms. The first kappa shape index (κ1) is 25.1. The van der Waals surface area contributed by atoms with Gasteiger partial charge in [0.05, 0.1) is 6.33 Å². The Balaban J connectivity index is 1.54. The van der Waals surface area contributed by atoms with Crippen molar-refractivity contribution in [3.05, 3.63) is 119 Å². The summed E-state index contributed by atoms with van der Waals surface area (Å²) in [6.07, 6.45) is 7.44. The molecule has 184 valence electrons. The highest BCUT2D eigenvalue weighted by molar-refractivity contribution is 6.30. The van der Waals surface area contributed by atoms with E-state index in [0.717, 1.165) is 29.8 Å². The van der Waals surface area contributed by atoms with Gasteiger partial charge >= 0.3 is 0 Å². The number of carbonyl (C=O) groups is 1. The predicted molar refractivity (Wildman–Crippen MR) is 143 cm³/mol. The number of nitrogens with two attached hydrogens (primary N) is 1. The first-order valence-corrected chi connectivity index (χ1v) is 12.3. The quantitative estimate of drug-likeness (QED) is 0.180. The molecule has 0 fully saturated rings. The monoisotopic (exact) mass is 500 g/mol. The SMILES string of the molecule is NC(=NCCCc1cnc[nH]1)N(CCC(c1ccc(Cl)cc1)c1ccccn1)C(=O)c1ccccc1. The van der Waals surface area contributed by atoms with Gasteiger partial charge in [-0.1, -0.05) is 48.0 Å². The standard InChI is InChI=1S/C28H29ClN6O/c29-23-13-11-21(12-14-23)25(26-10-4-5-16-32-26)15-18-35(27(36)22-7-2-1-3-8-22)28(30)33-17-6-9-24-19-31-20-34-24/h1-5,7-8,10-14,16,19-20,25H,6,9,15,17-18H2,(H2,30,33)(H,31,34). The molecule has 2 aromatic heterocycles. The number of hydrogen-bond donors (Lipinski definition) is 2. The van der Waals surface area contributed by atoms with Crippen molar-refractivity contribution in [1.82, 2.24) is 19.9 Å². The van der Waals surface area contributed by atoms with Gasteiger partial charge in [-0.25, -0.2) is 4.98 Å². The van der Waals surface area contributed by atoms with E-state index in [9.17, 15) is 4.79 Å². The van der Waals surface area contributed by atoms with Crippen LogP contribution in [-0.2, 0) is 6.42 Å². The summed E-state index contributed by atoms with van der Waals surface area (Å²) in [5, 5.41) is 0.672. The maximum absolute atomic E-state index is 13.5. The number of rotatable bonds is 10. The van der Waals surface area contributed by atoms with E-state index in [1.165, 1.54) is 0 Å². The first-order chi connectivity index (χ1) is 17.6. The van der Waals surface area contributed by atoms with E-state index in [2.05, 4.69) is 19.9 Å². The minimum atomic E-state index is -0.179. The van der Waals surface area contributed by atoms with Crippen LogP contribution in [0.25, 0.3) is 0 Å². The summed E-state index contributed by atoms with van der Waals surface area (Å²) in [6.45, 7) is 0.887. The summed E-state index contributed by atoms with van der Waals surface area (Å²) >= 11 is 6.13. The number of imidazole rings is 1. The highest BCUT2D eigenvalue weighted by atomic mass is 35.5. The summed E-state index contributed by atoms with van der Waals surface area (Å²) < 4.78 is 0. The number of halogens is 1. The number of nitrogens with one attached hydrogen (secondary N) is 1. The number of hydrogen-bond acceptors (Lipinski definition) is 4. The van der Waals surface area contributed by atoms with E-state index >= 15 is 0 Å². The maximum atomic E-state index is 13.5. The van der Waals surface area contributed by atoms with Crippen LogP contribution in [0.4, 0.5) is 0 Å². The maximum Gasteiger partial charge on any atom is 0.260 e. The van der Waals surface area contributed by atoms with Crippen LogP contribution in [-0.4, -0.2) is 44.8 Å². The number of benzene rings is 2. The molecular weight excluding hydrogens is 472 g/mol. The van der Waals surface area contributed by atoms with Gasteiger partial charge in [-0.3, -0.25) is 19.7 Å². The number of pyridine rings is 1. The second-order valence-corrected chi connectivity index (χ2v) is 8.83. The Hall–Kier alpha value is -3.97. The molecule has 0 aliphatic heterocycles. The van der Waals surface area contributed by atoms with Crippen LogP contribution in [0.5, 0.6) is 0 Å². The Labute approximate surface area is 216 Å². The van der Waals surface area contributed by atoms with Gasteiger partial charge in [0.1, 0.15) is 0 Å². The number of aromatic nitrogens is 3. The molecule has 8 heteroatoms. The van der Waals surface area contributed by atoms with Gasteiger partial charge in [0, 0.05) is 53.4 Å². The molecule has 0 saturated carbocycles. The van der Waals surface area contributed by atoms with E-state index in [4.69, 9.17) is 17.3 Å². The second kappa shape index (κ2) is 12.7. The number of carbonyl (C=O) groups excluding carboxylic acids is 1. The summed E-state index contributed by atoms with van der Waals surface area (Å²) in [5.74, 6) is -0.00615. The van der Waals surface area contributed by atoms with E-state index in [1.807, 2.05) is 60.7 Å². The van der Waals surface area contributed by atoms with Crippen LogP contribution in [0, 0.1) is 0 Å². The molecule has 0 aliphatic carbocycles. The average Bonchev–Trinajstić information content (AvgIpc) is 3.44. The van der Waals surface area contributed by atoms with Crippen molar-refractivity contribution < 1.29 is 4.79 Å². The van der Waals surface area contributed by atoms with Crippen molar-refractivity contribution >= 4 is 23.5 Å². The third-order valence-corrected chi connectivity index (χ3v) is 6.19. The zero-order chi connectivity index (χ0) is 25.2. The van der Waals surface area contributed by atoms with Crippen LogP contribution in [0.3, 0.4) is 0 Å². The Morgan fingerprint density at radius 3 is 2.53 bits per heavy atom. The summed E-state index contributed by atoms with van der Waals surface area (Å²) in [6, 6.07) is 22.7. The Bertz CT molecular complexity index is 1240. The third kappa shape index (κ3) is 6.79. The number of amides is 1. The minimum absolute atomic E-state index is 0.0391. The van der Waals surface area contributed by atoms with Crippen LogP contribution in [0.1, 0.15) is 46.1 Å². The van der Waals surface area contributed by atoms with Crippen LogP contribution in [0.2, 0.25) is 5.02 Å². The number of nitrogens with zero attached hydrogens (tertiary/aromatic N) is 4. The van der Waals surface area contributed by atoms with Crippen molar-refractivity contribution in [2.75, 3.05) is 13.1 Å². The fourth-order valence-electron chi connectivity index (χ4n) is 4.05. The van der Waals surface area contributed by atoms with E-state index in [-0.39, 0.29) is 17.8 Å². The summed E-state index contributed by atoms with van der Waals surface area (Å²) in [7, 11) is 0. The molecule has 4 rings (SSSR count). The fourth-order valence-corrected chi connectivity index (χ4v) is 4.17. The van der Waals surface area contributed by atoms with Gasteiger partial charge in [0.15, 0.2) is 5.96 Å². The molecule has 36 heavy (non-hydrogen) atoms. The molecule has 1 unspecified atom stereocenters. The second-order valence-electron chi connectivity index (χ2n) is 8.39. The fraction of sp³-hybridized carbons (Fsp3) is 0.214. The molecule has 0 bridgehead atoms. The van der Waals surface area contributed by atoms with Gasteiger partial charge < -0.3 is 10.7 Å². The van der Waals surface area contributed by atoms with Crippen molar-refractivity contribution in [2.24, 2.45) is 10.7 Å². The molecule has 2 aromatic carbocycles. The van der Waals surface area contributed by atoms with Gasteiger partial charge in [-0.15, -0.1) is 0 Å². The summed E-state index contributed by atoms with van der Waals surface area (Å²) in [4.78, 5) is 31.3. The van der Waals surface area contributed by atoms with Crippen LogP contribution < -0.4 is 5.73 Å². The van der Waals surface area contributed by atoms with E-state index in [1.54, 1.807) is 35.8 Å². The Morgan fingerprint density at radius 1 is 1.06 bits per heavy atom. The first-order valence-electron chi connectivity index (χ1n) is 11.9. The molecule has 1 amide bonds. The molecule has 3 N–H and O–H groups in total. The molecule has 0 saturated heterocycles. The van der Waals surface area contributed by atoms with Gasteiger partial charge in [0.2, 0.25) is 0 Å². The zero-order valence-corrected chi connectivity index (χ0v) is 20.7. The van der Waals surface area contributed by atoms with Gasteiger partial charge in [0.25, 0.3) is 5.91 Å².